The van der Waals surface area contributed by atoms with Crippen molar-refractivity contribution in [1.29, 1.82) is 0 Å². The molecule has 12 nitrogen and oxygen atoms in total. The Balaban J connectivity index is 1.50. The van der Waals surface area contributed by atoms with Gasteiger partial charge in [-0.05, 0) is 21.7 Å². The molecule has 0 spiro atoms. The van der Waals surface area contributed by atoms with Crippen LogP contribution in [0.5, 0.6) is 23.0 Å². The summed E-state index contributed by atoms with van der Waals surface area (Å²) in [6.07, 6.45) is 0. The lowest BCUT2D eigenvalue weighted by molar-refractivity contribution is 0.141. The second-order valence-corrected chi connectivity index (χ2v) is 21.8. The van der Waals surface area contributed by atoms with Crippen molar-refractivity contribution in [3.63, 3.8) is 0 Å². The van der Waals surface area contributed by atoms with Gasteiger partial charge in [-0.15, -0.1) is 0 Å². The Labute approximate surface area is 372 Å². The maximum Gasteiger partial charge on any atom is 0.208 e. The first-order valence-electron chi connectivity index (χ1n) is 22.2. The maximum absolute atomic E-state index is 7.04. The molecule has 4 aromatic carbocycles. The SMILES string of the molecule is CC(C)(C)COc1c(OCC(C)(C)C)c(OCC(C)(C)C)c2c3[nH]c(c2c1OCC(C)(C)C)=Nc1[nH]c(c2ccccc12)N=c1[nH]c(c2ccccc12)=Nc1[nH]c(c2ccccc12)N=3. The number of nitrogens with zero attached hydrogens (tertiary/aromatic N) is 4. The Morgan fingerprint density at radius 1 is 0.328 bits per heavy atom. The van der Waals surface area contributed by atoms with Crippen LogP contribution in [0.1, 0.15) is 83.1 Å². The van der Waals surface area contributed by atoms with Crippen LogP contribution < -0.4 is 40.9 Å². The van der Waals surface area contributed by atoms with Gasteiger partial charge in [-0.2, -0.15) is 0 Å². The van der Waals surface area contributed by atoms with Gasteiger partial charge in [0.05, 0.1) is 37.2 Å². The Morgan fingerprint density at radius 2 is 0.578 bits per heavy atom. The molecule has 64 heavy (non-hydrogen) atoms. The molecule has 9 rings (SSSR count). The highest BCUT2D eigenvalue weighted by Gasteiger charge is 2.32. The van der Waals surface area contributed by atoms with Crippen molar-refractivity contribution in [2.75, 3.05) is 26.4 Å². The molecule has 4 N–H and O–H groups in total. The molecule has 0 saturated carbocycles. The summed E-state index contributed by atoms with van der Waals surface area (Å²) >= 11 is 0. The molecule has 5 heterocycles. The summed E-state index contributed by atoms with van der Waals surface area (Å²) in [5.74, 6) is 4.42. The zero-order valence-electron chi connectivity index (χ0n) is 39.2. The van der Waals surface area contributed by atoms with Gasteiger partial charge in [-0.1, -0.05) is 156 Å². The zero-order valence-corrected chi connectivity index (χ0v) is 39.2. The van der Waals surface area contributed by atoms with Crippen molar-refractivity contribution in [1.82, 2.24) is 19.9 Å². The first-order chi connectivity index (χ1) is 30.2. The van der Waals surface area contributed by atoms with E-state index in [0.717, 1.165) is 32.3 Å². The fourth-order valence-corrected chi connectivity index (χ4v) is 7.61. The summed E-state index contributed by atoms with van der Waals surface area (Å²) in [6.45, 7) is 27.3. The topological polar surface area (TPSA) is 150 Å². The van der Waals surface area contributed by atoms with E-state index in [0.29, 0.717) is 105 Å². The molecule has 1 aliphatic rings. The van der Waals surface area contributed by atoms with Crippen LogP contribution in [0.25, 0.3) is 43.1 Å². The Bertz CT molecular complexity index is 3120. The fraction of sp³-hybridized carbons (Fsp3) is 0.385. The summed E-state index contributed by atoms with van der Waals surface area (Å²) in [6, 6.07) is 24.4. The monoisotopic (exact) mass is 860 g/mol. The molecule has 0 fully saturated rings. The summed E-state index contributed by atoms with van der Waals surface area (Å²) in [4.78, 5) is 35.9. The number of nitrogens with one attached hydrogen (secondary N) is 4. The van der Waals surface area contributed by atoms with E-state index in [4.69, 9.17) is 38.9 Å². The van der Waals surface area contributed by atoms with Crippen LogP contribution in [0, 0.1) is 21.7 Å². The summed E-state index contributed by atoms with van der Waals surface area (Å²) in [5, 5.41) is 6.80. The van der Waals surface area contributed by atoms with Gasteiger partial charge in [0, 0.05) is 32.3 Å². The van der Waals surface area contributed by atoms with Crippen molar-refractivity contribution in [3.05, 3.63) is 94.7 Å². The smallest absolute Gasteiger partial charge is 0.208 e. The molecule has 332 valence electrons. The highest BCUT2D eigenvalue weighted by Crippen LogP contribution is 2.51. The maximum atomic E-state index is 7.04. The van der Waals surface area contributed by atoms with Crippen molar-refractivity contribution >= 4 is 66.4 Å². The van der Waals surface area contributed by atoms with Crippen LogP contribution in [-0.2, 0) is 0 Å². The molecule has 0 saturated heterocycles. The molecular formula is C52H60N8O4. The molecule has 0 amide bonds. The van der Waals surface area contributed by atoms with Crippen LogP contribution in [0.3, 0.4) is 0 Å². The molecule has 0 atom stereocenters. The minimum Gasteiger partial charge on any atom is -0.488 e. The minimum absolute atomic E-state index is 0.203. The van der Waals surface area contributed by atoms with Crippen molar-refractivity contribution in [2.24, 2.45) is 41.6 Å². The lowest BCUT2D eigenvalue weighted by Gasteiger charge is -2.28. The molecule has 0 aliphatic carbocycles. The highest BCUT2D eigenvalue weighted by atomic mass is 16.6. The van der Waals surface area contributed by atoms with Gasteiger partial charge in [0.2, 0.25) is 11.5 Å². The fourth-order valence-electron chi connectivity index (χ4n) is 7.61. The molecule has 4 aromatic heterocycles. The lowest BCUT2D eigenvalue weighted by atomic mass is 9.97. The van der Waals surface area contributed by atoms with Crippen molar-refractivity contribution < 1.29 is 18.9 Å². The molecule has 8 aromatic rings. The van der Waals surface area contributed by atoms with Gasteiger partial charge >= 0.3 is 0 Å². The second-order valence-electron chi connectivity index (χ2n) is 21.8. The third kappa shape index (κ3) is 8.57. The van der Waals surface area contributed by atoms with Gasteiger partial charge in [0.25, 0.3) is 0 Å². The number of H-pyrrole nitrogens is 4. The molecular weight excluding hydrogens is 801 g/mol. The number of rotatable bonds is 8. The number of hydrogen-bond donors (Lipinski definition) is 4. The molecule has 8 bridgehead atoms. The van der Waals surface area contributed by atoms with Crippen molar-refractivity contribution in [3.8, 4) is 23.0 Å². The normalized spacial score (nSPS) is 13.4. The zero-order chi connectivity index (χ0) is 45.3. The van der Waals surface area contributed by atoms with E-state index in [1.807, 2.05) is 36.4 Å². The summed E-state index contributed by atoms with van der Waals surface area (Å²) in [7, 11) is 0. The largest absolute Gasteiger partial charge is 0.488 e. The average Bonchev–Trinajstić information content (AvgIpc) is 3.95. The van der Waals surface area contributed by atoms with Gasteiger partial charge in [-0.3, -0.25) is 0 Å². The number of aromatic amines is 4. The standard InChI is InChI=1S/C52H60N8O4/c1-49(2,3)25-61-37-35-36(38(62-26-50(4,5)6)40(64-28-52(10,11)12)39(37)63-27-51(7,8)9)48-59-46-34-24-18-16-22-32(34)44(57-46)55-42-30-20-14-13-19-29(30)41(53-42)54-43-31-21-15-17-23-33(31)45(56-43)58-47(35)60-48/h13-24H,25-28H2,1-12H3,(H4,53,54,55,56,57,58,59,60). The van der Waals surface area contributed by atoms with E-state index in [1.165, 1.54) is 0 Å². The first-order valence-corrected chi connectivity index (χ1v) is 22.2. The predicted octanol–water partition coefficient (Wildman–Crippen LogP) is 11.4. The molecule has 1 aliphatic heterocycles. The summed E-state index contributed by atoms with van der Waals surface area (Å²) < 4.78 is 28.0. The van der Waals surface area contributed by atoms with Gasteiger partial charge < -0.3 is 38.9 Å². The third-order valence-electron chi connectivity index (χ3n) is 10.5. The van der Waals surface area contributed by atoms with Crippen LogP contribution in [-0.4, -0.2) is 46.4 Å². The Hall–Kier alpha value is -6.56. The Morgan fingerprint density at radius 3 is 0.875 bits per heavy atom. The van der Waals surface area contributed by atoms with Crippen LogP contribution in [0.4, 0.5) is 23.3 Å². The number of benzene rings is 4. The minimum atomic E-state index is -0.217. The third-order valence-corrected chi connectivity index (χ3v) is 10.5. The number of ether oxygens (including phenoxy) is 4. The van der Waals surface area contributed by atoms with E-state index in [2.05, 4.69) is 139 Å². The summed E-state index contributed by atoms with van der Waals surface area (Å²) in [5.41, 5.74) is 1.51. The molecule has 0 unspecified atom stereocenters. The number of fused-ring (bicyclic) bond motifs is 20. The van der Waals surface area contributed by atoms with Crippen LogP contribution in [0.15, 0.2) is 92.8 Å². The van der Waals surface area contributed by atoms with E-state index in [1.54, 1.807) is 0 Å². The number of hydrogen-bond acceptors (Lipinski definition) is 8. The van der Waals surface area contributed by atoms with Crippen molar-refractivity contribution in [2.45, 2.75) is 83.1 Å². The van der Waals surface area contributed by atoms with E-state index in [-0.39, 0.29) is 21.7 Å². The van der Waals surface area contributed by atoms with E-state index in [9.17, 15) is 0 Å². The van der Waals surface area contributed by atoms with E-state index >= 15 is 0 Å². The molecule has 0 radical (unpaired) electrons. The van der Waals surface area contributed by atoms with Crippen LogP contribution in [0.2, 0.25) is 0 Å². The van der Waals surface area contributed by atoms with Gasteiger partial charge in [-0.25, -0.2) is 20.0 Å². The Kier molecular flexibility index (Phi) is 10.4. The highest BCUT2D eigenvalue weighted by molar-refractivity contribution is 6.02. The van der Waals surface area contributed by atoms with Gasteiger partial charge in [0.1, 0.15) is 45.2 Å². The predicted molar refractivity (Wildman–Crippen MR) is 256 cm³/mol. The average molecular weight is 861 g/mol. The van der Waals surface area contributed by atoms with E-state index < -0.39 is 0 Å². The number of aromatic nitrogens is 4. The van der Waals surface area contributed by atoms with Gasteiger partial charge in [0.15, 0.2) is 11.5 Å². The lowest BCUT2D eigenvalue weighted by Crippen LogP contribution is -2.23. The quantitative estimate of drug-likeness (QED) is 0.120. The molecule has 12 heteroatoms. The second kappa shape index (κ2) is 15.6. The first kappa shape index (κ1) is 42.7. The van der Waals surface area contributed by atoms with Crippen LogP contribution >= 0.6 is 0 Å².